The molecular weight excluding hydrogens is 220 g/mol. The van der Waals surface area contributed by atoms with Gasteiger partial charge < -0.3 is 15.0 Å². The Morgan fingerprint density at radius 2 is 2.18 bits per heavy atom. The van der Waals surface area contributed by atoms with Gasteiger partial charge in [0.25, 0.3) is 0 Å². The lowest BCUT2D eigenvalue weighted by atomic mass is 10.1. The number of carbonyl (C=O) groups excluding carboxylic acids is 2. The fraction of sp³-hybridized carbons (Fsp3) is 0.333. The molecule has 1 atom stereocenters. The number of amides is 1. The van der Waals surface area contributed by atoms with E-state index in [4.69, 9.17) is 4.74 Å². The highest BCUT2D eigenvalue weighted by atomic mass is 16.5. The van der Waals surface area contributed by atoms with Crippen molar-refractivity contribution in [3.63, 3.8) is 0 Å². The first-order valence-corrected chi connectivity index (χ1v) is 5.31. The molecule has 17 heavy (non-hydrogen) atoms. The fourth-order valence-electron chi connectivity index (χ4n) is 1.91. The number of hydrogen-bond acceptors (Lipinski definition) is 4. The van der Waals surface area contributed by atoms with Crippen LogP contribution in [0.25, 0.3) is 0 Å². The minimum Gasteiger partial charge on any atom is -0.465 e. The van der Waals surface area contributed by atoms with Crippen molar-refractivity contribution in [1.82, 2.24) is 0 Å². The molecule has 0 aliphatic carbocycles. The highest BCUT2D eigenvalue weighted by Gasteiger charge is 2.30. The van der Waals surface area contributed by atoms with Crippen molar-refractivity contribution in [3.8, 4) is 0 Å². The van der Waals surface area contributed by atoms with Gasteiger partial charge >= 0.3 is 5.97 Å². The van der Waals surface area contributed by atoms with Gasteiger partial charge in [0, 0.05) is 7.05 Å². The van der Waals surface area contributed by atoms with Gasteiger partial charge in [-0.15, -0.1) is 0 Å². The van der Waals surface area contributed by atoms with Gasteiger partial charge in [-0.1, -0.05) is 6.07 Å². The standard InChI is InChI=1S/C12H14N2O3/c1-7-11(15)13-9-6-4-5-8(12(16)17-3)10(9)14(7)2/h4-7H,1-3H3,(H,13,15). The van der Waals surface area contributed by atoms with Crippen molar-refractivity contribution in [2.24, 2.45) is 0 Å². The first-order valence-electron chi connectivity index (χ1n) is 5.31. The monoisotopic (exact) mass is 234 g/mol. The van der Waals surface area contributed by atoms with Crippen LogP contribution in [0.15, 0.2) is 18.2 Å². The maximum Gasteiger partial charge on any atom is 0.340 e. The number of methoxy groups -OCH3 is 1. The smallest absolute Gasteiger partial charge is 0.340 e. The maximum absolute atomic E-state index is 11.7. The van der Waals surface area contributed by atoms with Crippen molar-refractivity contribution < 1.29 is 14.3 Å². The summed E-state index contributed by atoms with van der Waals surface area (Å²) in [5, 5.41) is 2.77. The van der Waals surface area contributed by atoms with Crippen LogP contribution in [0.5, 0.6) is 0 Å². The molecule has 0 saturated heterocycles. The number of rotatable bonds is 1. The van der Waals surface area contributed by atoms with E-state index in [1.807, 2.05) is 0 Å². The molecule has 0 spiro atoms. The molecule has 2 rings (SSSR count). The Hall–Kier alpha value is -2.04. The number of esters is 1. The summed E-state index contributed by atoms with van der Waals surface area (Å²) in [6.07, 6.45) is 0. The Labute approximate surface area is 99.4 Å². The topological polar surface area (TPSA) is 58.6 Å². The number of nitrogens with one attached hydrogen (secondary N) is 1. The second kappa shape index (κ2) is 4.08. The number of fused-ring (bicyclic) bond motifs is 1. The Balaban J connectivity index is 2.57. The Morgan fingerprint density at radius 1 is 1.47 bits per heavy atom. The normalized spacial score (nSPS) is 18.4. The summed E-state index contributed by atoms with van der Waals surface area (Å²) < 4.78 is 4.73. The Morgan fingerprint density at radius 3 is 2.82 bits per heavy atom. The van der Waals surface area contributed by atoms with Gasteiger partial charge in [-0.05, 0) is 19.1 Å². The molecule has 0 aromatic heterocycles. The summed E-state index contributed by atoms with van der Waals surface area (Å²) in [6.45, 7) is 1.78. The first kappa shape index (κ1) is 11.4. The van der Waals surface area contributed by atoms with E-state index in [1.54, 1.807) is 37.1 Å². The molecule has 1 N–H and O–H groups in total. The van der Waals surface area contributed by atoms with E-state index in [1.165, 1.54) is 7.11 Å². The third kappa shape index (κ3) is 1.73. The van der Waals surface area contributed by atoms with Crippen LogP contribution in [-0.2, 0) is 9.53 Å². The Bertz CT molecular complexity index is 485. The van der Waals surface area contributed by atoms with Crippen LogP contribution in [0, 0.1) is 0 Å². The van der Waals surface area contributed by atoms with Gasteiger partial charge in [0.05, 0.1) is 24.0 Å². The van der Waals surface area contributed by atoms with Crippen LogP contribution in [0.3, 0.4) is 0 Å². The largest absolute Gasteiger partial charge is 0.465 e. The fourth-order valence-corrected chi connectivity index (χ4v) is 1.91. The highest BCUT2D eigenvalue weighted by Crippen LogP contribution is 2.34. The average Bonchev–Trinajstić information content (AvgIpc) is 2.34. The summed E-state index contributed by atoms with van der Waals surface area (Å²) in [5.41, 5.74) is 1.80. The minimum atomic E-state index is -0.406. The quantitative estimate of drug-likeness (QED) is 0.743. The second-order valence-corrected chi connectivity index (χ2v) is 3.97. The van der Waals surface area contributed by atoms with Crippen LogP contribution in [0.4, 0.5) is 11.4 Å². The van der Waals surface area contributed by atoms with E-state index in [0.29, 0.717) is 16.9 Å². The van der Waals surface area contributed by atoms with Gasteiger partial charge in [0.2, 0.25) is 5.91 Å². The molecular formula is C12H14N2O3. The summed E-state index contributed by atoms with van der Waals surface area (Å²) in [7, 11) is 3.13. The number of ether oxygens (including phenoxy) is 1. The number of nitrogens with zero attached hydrogens (tertiary/aromatic N) is 1. The van der Waals surface area contributed by atoms with Crippen LogP contribution >= 0.6 is 0 Å². The van der Waals surface area contributed by atoms with Crippen molar-refractivity contribution in [2.45, 2.75) is 13.0 Å². The average molecular weight is 234 g/mol. The third-order valence-electron chi connectivity index (χ3n) is 3.01. The van der Waals surface area contributed by atoms with Crippen molar-refractivity contribution in [3.05, 3.63) is 23.8 Å². The molecule has 0 saturated carbocycles. The number of anilines is 2. The zero-order valence-corrected chi connectivity index (χ0v) is 9.98. The minimum absolute atomic E-state index is 0.0815. The van der Waals surface area contributed by atoms with E-state index in [9.17, 15) is 9.59 Å². The number of likely N-dealkylation sites (N-methyl/N-ethyl adjacent to an activating group) is 1. The summed E-state index contributed by atoms with van der Waals surface area (Å²) in [6, 6.07) is 4.86. The molecule has 1 unspecified atom stereocenters. The molecule has 1 aliphatic heterocycles. The first-order chi connectivity index (χ1) is 8.06. The van der Waals surface area contributed by atoms with Crippen LogP contribution in [0.2, 0.25) is 0 Å². The van der Waals surface area contributed by atoms with Crippen LogP contribution < -0.4 is 10.2 Å². The van der Waals surface area contributed by atoms with Gasteiger partial charge in [0.15, 0.2) is 0 Å². The van der Waals surface area contributed by atoms with E-state index in [0.717, 1.165) is 0 Å². The molecule has 1 aromatic carbocycles. The molecule has 1 amide bonds. The van der Waals surface area contributed by atoms with Crippen molar-refractivity contribution in [1.29, 1.82) is 0 Å². The van der Waals surface area contributed by atoms with Gasteiger partial charge in [-0.25, -0.2) is 4.79 Å². The van der Waals surface area contributed by atoms with E-state index >= 15 is 0 Å². The molecule has 5 nitrogen and oxygen atoms in total. The van der Waals surface area contributed by atoms with E-state index < -0.39 is 5.97 Å². The lowest BCUT2D eigenvalue weighted by Gasteiger charge is -2.34. The van der Waals surface area contributed by atoms with Gasteiger partial charge in [-0.3, -0.25) is 4.79 Å². The SMILES string of the molecule is COC(=O)c1cccc2c1N(C)C(C)C(=O)N2. The van der Waals surface area contributed by atoms with Gasteiger partial charge in [-0.2, -0.15) is 0 Å². The molecule has 0 radical (unpaired) electrons. The van der Waals surface area contributed by atoms with Crippen LogP contribution in [-0.4, -0.2) is 32.1 Å². The van der Waals surface area contributed by atoms with Gasteiger partial charge in [0.1, 0.15) is 6.04 Å². The molecule has 1 aromatic rings. The van der Waals surface area contributed by atoms with Crippen molar-refractivity contribution in [2.75, 3.05) is 24.4 Å². The second-order valence-electron chi connectivity index (χ2n) is 3.97. The zero-order valence-electron chi connectivity index (χ0n) is 9.98. The number of hydrogen-bond donors (Lipinski definition) is 1. The number of benzene rings is 1. The van der Waals surface area contributed by atoms with E-state index in [-0.39, 0.29) is 11.9 Å². The molecule has 1 aliphatic rings. The summed E-state index contributed by atoms with van der Waals surface area (Å²) in [4.78, 5) is 25.1. The van der Waals surface area contributed by atoms with Crippen LogP contribution in [0.1, 0.15) is 17.3 Å². The molecule has 5 heteroatoms. The zero-order chi connectivity index (χ0) is 12.6. The maximum atomic E-state index is 11.7. The molecule has 90 valence electrons. The highest BCUT2D eigenvalue weighted by molar-refractivity contribution is 6.08. The lowest BCUT2D eigenvalue weighted by molar-refractivity contribution is -0.117. The molecule has 0 fully saturated rings. The summed E-state index contributed by atoms with van der Waals surface area (Å²) in [5.74, 6) is -0.487. The predicted molar refractivity (Wildman–Crippen MR) is 64.3 cm³/mol. The number of para-hydroxylation sites is 1. The number of carbonyl (C=O) groups is 2. The Kier molecular flexibility index (Phi) is 2.75. The van der Waals surface area contributed by atoms with Crippen molar-refractivity contribution >= 4 is 23.3 Å². The van der Waals surface area contributed by atoms with E-state index in [2.05, 4.69) is 5.32 Å². The lowest BCUT2D eigenvalue weighted by Crippen LogP contribution is -2.44. The molecule has 0 bridgehead atoms. The third-order valence-corrected chi connectivity index (χ3v) is 3.01. The molecule has 1 heterocycles. The predicted octanol–water partition coefficient (Wildman–Crippen LogP) is 1.25. The summed E-state index contributed by atoms with van der Waals surface area (Å²) >= 11 is 0.